The van der Waals surface area contributed by atoms with Crippen molar-refractivity contribution in [2.24, 2.45) is 0 Å². The summed E-state index contributed by atoms with van der Waals surface area (Å²) < 4.78 is 36.1. The number of ketones is 1. The van der Waals surface area contributed by atoms with Gasteiger partial charge < -0.3 is 9.47 Å². The number of benzene rings is 3. The Labute approximate surface area is 216 Å². The number of carbonyl (C=O) groups excluding carboxylic acids is 1. The molecule has 0 amide bonds. The van der Waals surface area contributed by atoms with Gasteiger partial charge in [-0.3, -0.25) is 4.79 Å². The van der Waals surface area contributed by atoms with Crippen molar-refractivity contribution in [2.75, 3.05) is 12.9 Å². The summed E-state index contributed by atoms with van der Waals surface area (Å²) in [5.74, 6) is 1.58. The molecule has 0 spiro atoms. The molecule has 0 aromatic heterocycles. The molecule has 3 aromatic carbocycles. The standard InChI is InChI=1S/C27H28Cl2O5S/c1-5-35(31,32)26-9-7-6-8-18(26)10-12-24(30)19-14-22(28)27(23(29)15-19)34-20-11-13-25(33-4)21(16-20)17(2)3/h6-9,11,13-17H,5,10,12H2,1-4H3. The van der Waals surface area contributed by atoms with Gasteiger partial charge in [0.2, 0.25) is 0 Å². The van der Waals surface area contributed by atoms with Crippen LogP contribution in [0, 0.1) is 0 Å². The Kier molecular flexibility index (Phi) is 8.86. The molecule has 0 atom stereocenters. The second-order valence-corrected chi connectivity index (χ2v) is 11.4. The lowest BCUT2D eigenvalue weighted by molar-refractivity contribution is 0.0982. The van der Waals surface area contributed by atoms with Gasteiger partial charge in [0.1, 0.15) is 11.5 Å². The minimum absolute atomic E-state index is 0.00249. The normalized spacial score (nSPS) is 11.5. The van der Waals surface area contributed by atoms with Crippen LogP contribution in [0.25, 0.3) is 0 Å². The summed E-state index contributed by atoms with van der Waals surface area (Å²) >= 11 is 12.9. The maximum absolute atomic E-state index is 12.9. The van der Waals surface area contributed by atoms with Crippen molar-refractivity contribution in [3.63, 3.8) is 0 Å². The second kappa shape index (κ2) is 11.5. The molecule has 3 rings (SSSR count). The quantitative estimate of drug-likeness (QED) is 0.251. The smallest absolute Gasteiger partial charge is 0.178 e. The Morgan fingerprint density at radius 2 is 1.66 bits per heavy atom. The lowest BCUT2D eigenvalue weighted by Crippen LogP contribution is -2.09. The molecule has 0 aliphatic carbocycles. The highest BCUT2D eigenvalue weighted by molar-refractivity contribution is 7.91. The van der Waals surface area contributed by atoms with Crippen LogP contribution < -0.4 is 9.47 Å². The minimum Gasteiger partial charge on any atom is -0.496 e. The van der Waals surface area contributed by atoms with Crippen LogP contribution in [0.3, 0.4) is 0 Å². The van der Waals surface area contributed by atoms with Gasteiger partial charge in [-0.15, -0.1) is 0 Å². The number of hydrogen-bond donors (Lipinski definition) is 0. The van der Waals surface area contributed by atoms with Crippen molar-refractivity contribution < 1.29 is 22.7 Å². The number of aryl methyl sites for hydroxylation is 1. The minimum atomic E-state index is -3.38. The van der Waals surface area contributed by atoms with Gasteiger partial charge >= 0.3 is 0 Å². The lowest BCUT2D eigenvalue weighted by Gasteiger charge is -2.15. The molecule has 3 aromatic rings. The Morgan fingerprint density at radius 1 is 1.00 bits per heavy atom. The van der Waals surface area contributed by atoms with E-state index in [-0.39, 0.29) is 51.0 Å². The molecule has 0 saturated carbocycles. The molecule has 0 N–H and O–H groups in total. The van der Waals surface area contributed by atoms with Gasteiger partial charge in [-0.1, -0.05) is 62.2 Å². The Bertz CT molecular complexity index is 1310. The van der Waals surface area contributed by atoms with Crippen molar-refractivity contribution in [3.05, 3.63) is 81.3 Å². The maximum Gasteiger partial charge on any atom is 0.178 e. The van der Waals surface area contributed by atoms with Crippen molar-refractivity contribution in [3.8, 4) is 17.2 Å². The summed E-state index contributed by atoms with van der Waals surface area (Å²) in [5, 5.41) is 0.411. The molecule has 0 bridgehead atoms. The number of halogens is 2. The maximum atomic E-state index is 12.9. The van der Waals surface area contributed by atoms with Crippen LogP contribution in [0.1, 0.15) is 54.6 Å². The van der Waals surface area contributed by atoms with Crippen LogP contribution in [0.15, 0.2) is 59.5 Å². The molecule has 5 nitrogen and oxygen atoms in total. The number of rotatable bonds is 10. The number of sulfone groups is 1. The number of hydrogen-bond acceptors (Lipinski definition) is 5. The molecule has 0 aliphatic rings. The van der Waals surface area contributed by atoms with Gasteiger partial charge in [-0.25, -0.2) is 8.42 Å². The summed E-state index contributed by atoms with van der Waals surface area (Å²) in [4.78, 5) is 13.2. The third kappa shape index (κ3) is 6.37. The highest BCUT2D eigenvalue weighted by Gasteiger charge is 2.19. The molecule has 0 saturated heterocycles. The van der Waals surface area contributed by atoms with Gasteiger partial charge in [0.15, 0.2) is 21.4 Å². The van der Waals surface area contributed by atoms with Gasteiger partial charge in [-0.05, 0) is 54.3 Å². The molecule has 8 heteroatoms. The van der Waals surface area contributed by atoms with Crippen LogP contribution >= 0.6 is 23.2 Å². The van der Waals surface area contributed by atoms with Gasteiger partial charge in [0.25, 0.3) is 0 Å². The molecule has 0 fully saturated rings. The van der Waals surface area contributed by atoms with E-state index in [9.17, 15) is 13.2 Å². The Hall–Kier alpha value is -2.54. The summed E-state index contributed by atoms with van der Waals surface area (Å²) in [6, 6.07) is 15.2. The highest BCUT2D eigenvalue weighted by Crippen LogP contribution is 2.39. The van der Waals surface area contributed by atoms with Crippen molar-refractivity contribution in [1.29, 1.82) is 0 Å². The van der Waals surface area contributed by atoms with E-state index in [0.717, 1.165) is 11.3 Å². The predicted octanol–water partition coefficient (Wildman–Crippen LogP) is 7.53. The summed E-state index contributed by atoms with van der Waals surface area (Å²) in [6.07, 6.45) is 0.394. The molecule has 0 heterocycles. The van der Waals surface area contributed by atoms with Crippen LogP contribution in [-0.2, 0) is 16.3 Å². The van der Waals surface area contributed by atoms with Crippen molar-refractivity contribution in [1.82, 2.24) is 0 Å². The van der Waals surface area contributed by atoms with Crippen molar-refractivity contribution in [2.45, 2.75) is 44.4 Å². The van der Waals surface area contributed by atoms with Gasteiger partial charge in [0, 0.05) is 17.5 Å². The largest absolute Gasteiger partial charge is 0.496 e. The van der Waals surface area contributed by atoms with Crippen molar-refractivity contribution >= 4 is 38.8 Å². The highest BCUT2D eigenvalue weighted by atomic mass is 35.5. The molecule has 0 aliphatic heterocycles. The van der Waals surface area contributed by atoms with E-state index in [0.29, 0.717) is 16.9 Å². The fraction of sp³-hybridized carbons (Fsp3) is 0.296. The topological polar surface area (TPSA) is 69.7 Å². The third-order valence-electron chi connectivity index (χ3n) is 5.67. The fourth-order valence-corrected chi connectivity index (χ4v) is 5.46. The van der Waals surface area contributed by atoms with E-state index < -0.39 is 9.84 Å². The number of carbonyl (C=O) groups is 1. The third-order valence-corrected chi connectivity index (χ3v) is 8.06. The van der Waals surface area contributed by atoms with Gasteiger partial charge in [-0.2, -0.15) is 0 Å². The number of Topliss-reactive ketones (excluding diaryl/α,β-unsaturated/α-hetero) is 1. The first-order valence-corrected chi connectivity index (χ1v) is 13.7. The van der Waals surface area contributed by atoms with E-state index >= 15 is 0 Å². The first-order chi connectivity index (χ1) is 16.6. The first-order valence-electron chi connectivity index (χ1n) is 11.3. The number of ether oxygens (including phenoxy) is 2. The van der Waals surface area contributed by atoms with E-state index in [1.165, 1.54) is 12.1 Å². The predicted molar refractivity (Wildman–Crippen MR) is 140 cm³/mol. The number of methoxy groups -OCH3 is 1. The summed E-state index contributed by atoms with van der Waals surface area (Å²) in [5.41, 5.74) is 1.93. The van der Waals surface area contributed by atoms with E-state index in [4.69, 9.17) is 32.7 Å². The van der Waals surface area contributed by atoms with Gasteiger partial charge in [0.05, 0.1) is 27.8 Å². The zero-order chi connectivity index (χ0) is 25.8. The molecule has 35 heavy (non-hydrogen) atoms. The SMILES string of the molecule is CCS(=O)(=O)c1ccccc1CCC(=O)c1cc(Cl)c(Oc2ccc(OC)c(C(C)C)c2)c(Cl)c1. The molecular weight excluding hydrogens is 507 g/mol. The van der Waals surface area contributed by atoms with E-state index in [1.54, 1.807) is 44.4 Å². The molecule has 0 unspecified atom stereocenters. The molecule has 186 valence electrons. The Morgan fingerprint density at radius 3 is 2.26 bits per heavy atom. The van der Waals surface area contributed by atoms with E-state index in [1.807, 2.05) is 12.1 Å². The van der Waals surface area contributed by atoms with Crippen LogP contribution in [0.4, 0.5) is 0 Å². The Balaban J connectivity index is 1.80. The van der Waals surface area contributed by atoms with E-state index in [2.05, 4.69) is 13.8 Å². The second-order valence-electron chi connectivity index (χ2n) is 8.36. The zero-order valence-electron chi connectivity index (χ0n) is 20.1. The fourth-order valence-electron chi connectivity index (χ4n) is 3.73. The molecule has 0 radical (unpaired) electrons. The summed E-state index contributed by atoms with van der Waals surface area (Å²) in [7, 11) is -1.76. The lowest BCUT2D eigenvalue weighted by atomic mass is 10.0. The van der Waals surface area contributed by atoms with Crippen LogP contribution in [0.5, 0.6) is 17.2 Å². The van der Waals surface area contributed by atoms with Crippen LogP contribution in [-0.4, -0.2) is 27.1 Å². The summed E-state index contributed by atoms with van der Waals surface area (Å²) in [6.45, 7) is 5.70. The zero-order valence-corrected chi connectivity index (χ0v) is 22.4. The average Bonchev–Trinajstić information content (AvgIpc) is 2.84. The first kappa shape index (κ1) is 27.1. The molecular formula is C27H28Cl2O5S. The van der Waals surface area contributed by atoms with Crippen LogP contribution in [0.2, 0.25) is 10.0 Å². The average molecular weight is 535 g/mol. The monoisotopic (exact) mass is 534 g/mol.